The molecule has 0 radical (unpaired) electrons. The number of benzene rings is 1. The highest BCUT2D eigenvalue weighted by Crippen LogP contribution is 2.26. The van der Waals surface area contributed by atoms with Crippen molar-refractivity contribution in [2.24, 2.45) is 11.7 Å². The van der Waals surface area contributed by atoms with Gasteiger partial charge < -0.3 is 5.73 Å². The first kappa shape index (κ1) is 11.6. The van der Waals surface area contributed by atoms with Crippen molar-refractivity contribution in [3.05, 3.63) is 35.9 Å². The van der Waals surface area contributed by atoms with E-state index < -0.39 is 0 Å². The summed E-state index contributed by atoms with van der Waals surface area (Å²) in [6, 6.07) is 11.4. The van der Waals surface area contributed by atoms with Crippen molar-refractivity contribution < 1.29 is 0 Å². The van der Waals surface area contributed by atoms with Crippen LogP contribution in [0.5, 0.6) is 0 Å². The van der Waals surface area contributed by atoms with E-state index in [0.717, 1.165) is 25.4 Å². The Bertz CT molecular complexity index is 310. The number of likely N-dealkylation sites (tertiary alicyclic amines) is 1. The van der Waals surface area contributed by atoms with Gasteiger partial charge in [0, 0.05) is 19.1 Å². The highest BCUT2D eigenvalue weighted by atomic mass is 15.2. The van der Waals surface area contributed by atoms with Crippen LogP contribution in [0.4, 0.5) is 0 Å². The second kappa shape index (κ2) is 5.46. The lowest BCUT2D eigenvalue weighted by atomic mass is 10.1. The van der Waals surface area contributed by atoms with Gasteiger partial charge in [-0.05, 0) is 30.9 Å². The smallest absolute Gasteiger partial charge is 0.0236 e. The minimum atomic E-state index is 0.695. The number of nitrogens with zero attached hydrogens (tertiary/aromatic N) is 1. The largest absolute Gasteiger partial charge is 0.330 e. The van der Waals surface area contributed by atoms with E-state index in [1.807, 2.05) is 0 Å². The molecule has 1 saturated heterocycles. The molecule has 88 valence electrons. The molecule has 0 bridgehead atoms. The van der Waals surface area contributed by atoms with Crippen LogP contribution in [0, 0.1) is 5.92 Å². The maximum Gasteiger partial charge on any atom is 0.0236 e. The van der Waals surface area contributed by atoms with E-state index in [-0.39, 0.29) is 0 Å². The Morgan fingerprint density at radius 1 is 1.31 bits per heavy atom. The molecule has 2 atom stereocenters. The zero-order chi connectivity index (χ0) is 11.4. The number of hydrogen-bond acceptors (Lipinski definition) is 2. The predicted octanol–water partition coefficient (Wildman–Crippen LogP) is 2.25. The van der Waals surface area contributed by atoms with Gasteiger partial charge in [0.15, 0.2) is 0 Å². The summed E-state index contributed by atoms with van der Waals surface area (Å²) in [5.41, 5.74) is 7.10. The third-order valence-electron chi connectivity index (χ3n) is 3.47. The van der Waals surface area contributed by atoms with Crippen LogP contribution in [0.2, 0.25) is 0 Å². The Morgan fingerprint density at radius 2 is 2.06 bits per heavy atom. The Labute approximate surface area is 98.4 Å². The predicted molar refractivity (Wildman–Crippen MR) is 68.1 cm³/mol. The van der Waals surface area contributed by atoms with Crippen molar-refractivity contribution >= 4 is 0 Å². The zero-order valence-electron chi connectivity index (χ0n) is 10.1. The van der Waals surface area contributed by atoms with Gasteiger partial charge in [0.1, 0.15) is 0 Å². The van der Waals surface area contributed by atoms with Crippen LogP contribution in [0.3, 0.4) is 0 Å². The van der Waals surface area contributed by atoms with E-state index in [9.17, 15) is 0 Å². The van der Waals surface area contributed by atoms with Crippen LogP contribution in [0.15, 0.2) is 30.3 Å². The minimum absolute atomic E-state index is 0.695. The Kier molecular flexibility index (Phi) is 3.97. The van der Waals surface area contributed by atoms with E-state index in [1.54, 1.807) is 0 Å². The summed E-state index contributed by atoms with van der Waals surface area (Å²) >= 11 is 0. The Balaban J connectivity index is 1.97. The monoisotopic (exact) mass is 218 g/mol. The second-order valence-electron chi connectivity index (χ2n) is 4.99. The van der Waals surface area contributed by atoms with E-state index in [1.165, 1.54) is 18.5 Å². The number of hydrogen-bond donors (Lipinski definition) is 1. The molecule has 2 heteroatoms. The lowest BCUT2D eigenvalue weighted by Gasteiger charge is -2.23. The average molecular weight is 218 g/mol. The van der Waals surface area contributed by atoms with Crippen molar-refractivity contribution in [1.82, 2.24) is 4.90 Å². The van der Waals surface area contributed by atoms with Crippen molar-refractivity contribution in [2.45, 2.75) is 32.4 Å². The molecule has 0 amide bonds. The van der Waals surface area contributed by atoms with E-state index >= 15 is 0 Å². The molecule has 1 aromatic rings. The van der Waals surface area contributed by atoms with E-state index in [4.69, 9.17) is 5.73 Å². The van der Waals surface area contributed by atoms with E-state index in [0.29, 0.717) is 6.04 Å². The van der Waals surface area contributed by atoms with Gasteiger partial charge in [0.05, 0.1) is 0 Å². The molecule has 2 unspecified atom stereocenters. The first-order valence-corrected chi connectivity index (χ1v) is 6.27. The zero-order valence-corrected chi connectivity index (χ0v) is 10.1. The topological polar surface area (TPSA) is 29.3 Å². The van der Waals surface area contributed by atoms with Crippen LogP contribution in [0.25, 0.3) is 0 Å². The van der Waals surface area contributed by atoms with Crippen LogP contribution >= 0.6 is 0 Å². The molecule has 2 rings (SSSR count). The van der Waals surface area contributed by atoms with Crippen molar-refractivity contribution in [3.63, 3.8) is 0 Å². The number of nitrogens with two attached hydrogens (primary N) is 1. The molecular weight excluding hydrogens is 196 g/mol. The molecule has 16 heavy (non-hydrogen) atoms. The van der Waals surface area contributed by atoms with Gasteiger partial charge in [0.2, 0.25) is 0 Å². The maximum atomic E-state index is 5.68. The molecule has 0 spiro atoms. The maximum absolute atomic E-state index is 5.68. The van der Waals surface area contributed by atoms with Crippen LogP contribution in [-0.4, -0.2) is 24.0 Å². The summed E-state index contributed by atoms with van der Waals surface area (Å²) in [5, 5.41) is 0. The fourth-order valence-corrected chi connectivity index (χ4v) is 2.74. The summed E-state index contributed by atoms with van der Waals surface area (Å²) in [6.07, 6.45) is 2.45. The van der Waals surface area contributed by atoms with Gasteiger partial charge in [-0.25, -0.2) is 0 Å². The van der Waals surface area contributed by atoms with Crippen molar-refractivity contribution in [1.29, 1.82) is 0 Å². The van der Waals surface area contributed by atoms with Gasteiger partial charge in [-0.1, -0.05) is 37.3 Å². The summed E-state index contributed by atoms with van der Waals surface area (Å²) < 4.78 is 0. The summed E-state index contributed by atoms with van der Waals surface area (Å²) in [7, 11) is 0. The molecule has 1 heterocycles. The number of rotatable bonds is 4. The van der Waals surface area contributed by atoms with Crippen LogP contribution < -0.4 is 5.73 Å². The van der Waals surface area contributed by atoms with Crippen LogP contribution in [-0.2, 0) is 6.54 Å². The lowest BCUT2D eigenvalue weighted by Crippen LogP contribution is -2.30. The quantitative estimate of drug-likeness (QED) is 0.840. The highest BCUT2D eigenvalue weighted by Gasteiger charge is 2.28. The molecule has 1 aliphatic rings. The van der Waals surface area contributed by atoms with E-state index in [2.05, 4.69) is 42.2 Å². The van der Waals surface area contributed by atoms with Crippen molar-refractivity contribution in [2.75, 3.05) is 13.1 Å². The molecule has 1 fully saturated rings. The second-order valence-corrected chi connectivity index (χ2v) is 4.99. The summed E-state index contributed by atoms with van der Waals surface area (Å²) in [5.74, 6) is 0.820. The third kappa shape index (κ3) is 2.83. The standard InChI is InChI=1S/C14H22N2/c1-12-9-14(7-8-15)16(10-12)11-13-5-3-2-4-6-13/h2-6,12,14H,7-11,15H2,1H3. The molecule has 2 N–H and O–H groups in total. The molecule has 2 nitrogen and oxygen atoms in total. The Morgan fingerprint density at radius 3 is 2.75 bits per heavy atom. The summed E-state index contributed by atoms with van der Waals surface area (Å²) in [6.45, 7) is 5.45. The molecule has 1 aromatic carbocycles. The van der Waals surface area contributed by atoms with Gasteiger partial charge in [-0.2, -0.15) is 0 Å². The third-order valence-corrected chi connectivity index (χ3v) is 3.47. The Hall–Kier alpha value is -0.860. The molecule has 0 aliphatic carbocycles. The fourth-order valence-electron chi connectivity index (χ4n) is 2.74. The van der Waals surface area contributed by atoms with Crippen LogP contribution in [0.1, 0.15) is 25.3 Å². The molecule has 0 aromatic heterocycles. The molecular formula is C14H22N2. The minimum Gasteiger partial charge on any atom is -0.330 e. The average Bonchev–Trinajstić information content (AvgIpc) is 2.61. The fraction of sp³-hybridized carbons (Fsp3) is 0.571. The molecule has 0 saturated carbocycles. The van der Waals surface area contributed by atoms with Gasteiger partial charge >= 0.3 is 0 Å². The SMILES string of the molecule is CC1CC(CCN)N(Cc2ccccc2)C1. The highest BCUT2D eigenvalue weighted by molar-refractivity contribution is 5.14. The van der Waals surface area contributed by atoms with Gasteiger partial charge in [-0.15, -0.1) is 0 Å². The van der Waals surface area contributed by atoms with Crippen molar-refractivity contribution in [3.8, 4) is 0 Å². The van der Waals surface area contributed by atoms with Gasteiger partial charge in [0.25, 0.3) is 0 Å². The summed E-state index contributed by atoms with van der Waals surface area (Å²) in [4.78, 5) is 2.59. The van der Waals surface area contributed by atoms with Gasteiger partial charge in [-0.3, -0.25) is 4.90 Å². The molecule has 1 aliphatic heterocycles. The normalized spacial score (nSPS) is 26.1. The first-order valence-electron chi connectivity index (χ1n) is 6.27. The first-order chi connectivity index (χ1) is 7.79. The lowest BCUT2D eigenvalue weighted by molar-refractivity contribution is 0.234.